The monoisotopic (exact) mass is 456 g/mol. The van der Waals surface area contributed by atoms with E-state index in [1.807, 2.05) is 0 Å². The van der Waals surface area contributed by atoms with E-state index in [0.717, 1.165) is 42.1 Å². The molecule has 32 heavy (non-hydrogen) atoms. The minimum atomic E-state index is -4.45. The lowest BCUT2D eigenvalue weighted by atomic mass is 9.68. The normalized spacial score (nSPS) is 26.9. The summed E-state index contributed by atoms with van der Waals surface area (Å²) in [5.41, 5.74) is 1.04. The van der Waals surface area contributed by atoms with Gasteiger partial charge in [0.1, 0.15) is 5.75 Å². The fourth-order valence-electron chi connectivity index (χ4n) is 5.88. The number of alkyl halides is 4. The average molecular weight is 457 g/mol. The molecule has 2 aliphatic rings. The average Bonchev–Trinajstić information content (AvgIpc) is 2.79. The predicted molar refractivity (Wildman–Crippen MR) is 121 cm³/mol. The lowest BCUT2D eigenvalue weighted by Gasteiger charge is -2.38. The lowest BCUT2D eigenvalue weighted by molar-refractivity contribution is -0.253. The molecule has 0 heterocycles. The van der Waals surface area contributed by atoms with E-state index in [9.17, 15) is 17.6 Å². The highest BCUT2D eigenvalue weighted by atomic mass is 19.3. The molecule has 1 aromatic carbocycles. The predicted octanol–water partition coefficient (Wildman–Crippen LogP) is 9.05. The number of benzene rings is 1. The highest BCUT2D eigenvalue weighted by Gasteiger charge is 2.43. The van der Waals surface area contributed by atoms with Gasteiger partial charge in [0.15, 0.2) is 0 Å². The number of halogens is 4. The van der Waals surface area contributed by atoms with E-state index >= 15 is 0 Å². The number of rotatable bonds is 11. The summed E-state index contributed by atoms with van der Waals surface area (Å²) in [5, 5.41) is 0. The number of unbranched alkanes of at least 4 members (excludes halogenated alkanes) is 2. The largest absolute Gasteiger partial charge is 0.461 e. The fourth-order valence-corrected chi connectivity index (χ4v) is 5.88. The fraction of sp³-hybridized carbons (Fsp3) is 0.778. The van der Waals surface area contributed by atoms with Crippen LogP contribution >= 0.6 is 0 Å². The second-order valence-corrected chi connectivity index (χ2v) is 10.2. The Bertz CT molecular complexity index is 644. The van der Waals surface area contributed by atoms with Crippen molar-refractivity contribution in [3.05, 3.63) is 29.8 Å². The summed E-state index contributed by atoms with van der Waals surface area (Å²) in [5.74, 6) is 3.34. The highest BCUT2D eigenvalue weighted by molar-refractivity contribution is 5.27. The van der Waals surface area contributed by atoms with Gasteiger partial charge in [-0.1, -0.05) is 70.4 Å². The van der Waals surface area contributed by atoms with Crippen molar-refractivity contribution in [1.29, 1.82) is 0 Å². The Morgan fingerprint density at radius 1 is 0.812 bits per heavy atom. The van der Waals surface area contributed by atoms with Gasteiger partial charge in [-0.3, -0.25) is 0 Å². The molecule has 2 fully saturated rings. The van der Waals surface area contributed by atoms with Crippen LogP contribution in [-0.4, -0.2) is 12.5 Å². The Morgan fingerprint density at radius 3 is 1.84 bits per heavy atom. The molecular weight excluding hydrogens is 416 g/mol. The van der Waals surface area contributed by atoms with Gasteiger partial charge in [0.25, 0.3) is 0 Å². The third kappa shape index (κ3) is 7.66. The van der Waals surface area contributed by atoms with Crippen LogP contribution in [0, 0.1) is 23.7 Å². The van der Waals surface area contributed by atoms with Gasteiger partial charge in [-0.25, -0.2) is 0 Å². The molecule has 0 bridgehead atoms. The van der Waals surface area contributed by atoms with Gasteiger partial charge < -0.3 is 4.74 Å². The lowest BCUT2D eigenvalue weighted by Crippen LogP contribution is -2.33. The molecule has 2 saturated carbocycles. The second kappa shape index (κ2) is 12.3. The molecular formula is C27H40F4O. The molecule has 0 spiro atoms. The zero-order valence-corrected chi connectivity index (χ0v) is 19.5. The molecule has 3 rings (SSSR count). The Kier molecular flexibility index (Phi) is 9.73. The van der Waals surface area contributed by atoms with Crippen LogP contribution in [0.1, 0.15) is 96.0 Å². The molecule has 0 aliphatic heterocycles. The van der Waals surface area contributed by atoms with E-state index in [-0.39, 0.29) is 5.75 Å². The van der Waals surface area contributed by atoms with E-state index in [0.29, 0.717) is 0 Å². The molecule has 0 aromatic heterocycles. The van der Waals surface area contributed by atoms with Crippen molar-refractivity contribution in [3.8, 4) is 5.75 Å². The molecule has 2 aliphatic carbocycles. The maximum atomic E-state index is 13.0. The zero-order chi connectivity index (χ0) is 23.0. The molecule has 1 aromatic rings. The third-order valence-corrected chi connectivity index (χ3v) is 7.94. The molecule has 0 amide bonds. The van der Waals surface area contributed by atoms with Crippen LogP contribution in [0.4, 0.5) is 17.6 Å². The van der Waals surface area contributed by atoms with E-state index in [1.165, 1.54) is 89.2 Å². The van der Waals surface area contributed by atoms with E-state index in [2.05, 4.69) is 11.7 Å². The van der Waals surface area contributed by atoms with Crippen molar-refractivity contribution in [2.75, 3.05) is 0 Å². The van der Waals surface area contributed by atoms with Crippen LogP contribution in [0.15, 0.2) is 24.3 Å². The van der Waals surface area contributed by atoms with E-state index in [4.69, 9.17) is 0 Å². The first-order valence-corrected chi connectivity index (χ1v) is 12.8. The van der Waals surface area contributed by atoms with Crippen LogP contribution in [0.3, 0.4) is 0 Å². The van der Waals surface area contributed by atoms with Crippen molar-refractivity contribution >= 4 is 0 Å². The minimum Gasteiger partial charge on any atom is -0.428 e. The number of hydrogen-bond acceptors (Lipinski definition) is 1. The van der Waals surface area contributed by atoms with Gasteiger partial charge in [0.2, 0.25) is 0 Å². The molecule has 0 unspecified atom stereocenters. The summed E-state index contributed by atoms with van der Waals surface area (Å²) in [4.78, 5) is 0. The Morgan fingerprint density at radius 2 is 1.34 bits per heavy atom. The third-order valence-electron chi connectivity index (χ3n) is 7.94. The van der Waals surface area contributed by atoms with Crippen molar-refractivity contribution in [2.24, 2.45) is 23.7 Å². The SMILES string of the molecule is CCCCC[C@H]1CC[C@H](C2CCC(CCc3ccc(OC(F)(F)C(F)F)cc3)CC2)CC1. The first kappa shape index (κ1) is 25.4. The molecule has 182 valence electrons. The van der Waals surface area contributed by atoms with Crippen LogP contribution in [0.5, 0.6) is 5.75 Å². The Balaban J connectivity index is 1.33. The van der Waals surface area contributed by atoms with Gasteiger partial charge in [0.05, 0.1) is 0 Å². The van der Waals surface area contributed by atoms with Crippen molar-refractivity contribution in [1.82, 2.24) is 0 Å². The summed E-state index contributed by atoms with van der Waals surface area (Å²) < 4.78 is 54.6. The molecule has 1 nitrogen and oxygen atoms in total. The smallest absolute Gasteiger partial charge is 0.428 e. The minimum absolute atomic E-state index is 0.223. The summed E-state index contributed by atoms with van der Waals surface area (Å²) in [6, 6.07) is 6.14. The maximum absolute atomic E-state index is 13.0. The van der Waals surface area contributed by atoms with Gasteiger partial charge >= 0.3 is 12.5 Å². The quantitative estimate of drug-likeness (QED) is 0.238. The van der Waals surface area contributed by atoms with E-state index in [1.54, 1.807) is 12.1 Å². The zero-order valence-electron chi connectivity index (χ0n) is 19.5. The topological polar surface area (TPSA) is 9.23 Å². The molecule has 0 radical (unpaired) electrons. The maximum Gasteiger partial charge on any atom is 0.461 e. The summed E-state index contributed by atoms with van der Waals surface area (Å²) >= 11 is 0. The second-order valence-electron chi connectivity index (χ2n) is 10.2. The van der Waals surface area contributed by atoms with Gasteiger partial charge in [-0.05, 0) is 79.9 Å². The molecule has 0 N–H and O–H groups in total. The van der Waals surface area contributed by atoms with Crippen molar-refractivity contribution in [2.45, 2.75) is 109 Å². The highest BCUT2D eigenvalue weighted by Crippen LogP contribution is 2.43. The standard InChI is InChI=1S/C27H40F4O/c1-2-3-4-5-20-8-14-23(15-9-20)24-16-10-21(11-17-24)6-7-22-12-18-25(19-13-22)32-27(30,31)26(28)29/h12-13,18-21,23-24,26H,2-11,14-17H2,1H3/t20-,21?,23-,24?. The van der Waals surface area contributed by atoms with Gasteiger partial charge in [-0.15, -0.1) is 0 Å². The molecule has 0 atom stereocenters. The number of ether oxygens (including phenoxy) is 1. The van der Waals surface area contributed by atoms with Crippen molar-refractivity contribution in [3.63, 3.8) is 0 Å². The van der Waals surface area contributed by atoms with Crippen LogP contribution in [-0.2, 0) is 6.42 Å². The van der Waals surface area contributed by atoms with Crippen LogP contribution < -0.4 is 4.74 Å². The summed E-state index contributed by atoms with van der Waals surface area (Å²) in [7, 11) is 0. The van der Waals surface area contributed by atoms with Crippen molar-refractivity contribution < 1.29 is 22.3 Å². The summed E-state index contributed by atoms with van der Waals surface area (Å²) in [6.45, 7) is 2.28. The first-order chi connectivity index (χ1) is 15.4. The number of hydrogen-bond donors (Lipinski definition) is 0. The first-order valence-electron chi connectivity index (χ1n) is 12.8. The Hall–Kier alpha value is -1.26. The van der Waals surface area contributed by atoms with E-state index < -0.39 is 12.5 Å². The number of aryl methyl sites for hydroxylation is 1. The molecule has 5 heteroatoms. The Labute approximate surface area is 191 Å². The molecule has 0 saturated heterocycles. The van der Waals surface area contributed by atoms with Crippen LogP contribution in [0.25, 0.3) is 0 Å². The van der Waals surface area contributed by atoms with Crippen LogP contribution in [0.2, 0.25) is 0 Å². The van der Waals surface area contributed by atoms with Gasteiger partial charge in [-0.2, -0.15) is 17.6 Å². The summed E-state index contributed by atoms with van der Waals surface area (Å²) in [6.07, 6.45) is 10.3. The van der Waals surface area contributed by atoms with Gasteiger partial charge in [0, 0.05) is 0 Å².